The standard InChI is InChI=1S/C36H54N2O2/c1-3-5-7-8-9-10-11-13-29-26-37-35(38-27-29)32-22-24-34(25-23-32)40-36(39)33-20-18-31(19-21-33)30-16-14-28(15-17-30)12-6-4-2/h22-28,30-31,33H,3-21H2,1-2H3. The molecule has 0 radical (unpaired) electrons. The summed E-state index contributed by atoms with van der Waals surface area (Å²) < 4.78 is 5.80. The predicted molar refractivity (Wildman–Crippen MR) is 165 cm³/mol. The minimum Gasteiger partial charge on any atom is -0.426 e. The molecule has 2 aliphatic rings. The number of rotatable bonds is 15. The van der Waals surface area contributed by atoms with Gasteiger partial charge in [0.1, 0.15) is 5.75 Å². The number of unbranched alkanes of at least 4 members (excludes halogenated alkanes) is 7. The zero-order valence-corrected chi connectivity index (χ0v) is 25.4. The maximum Gasteiger partial charge on any atom is 0.314 e. The number of aryl methyl sites for hydroxylation is 1. The van der Waals surface area contributed by atoms with Crippen LogP contribution in [0.3, 0.4) is 0 Å². The maximum absolute atomic E-state index is 12.9. The number of aromatic nitrogens is 2. The lowest BCUT2D eigenvalue weighted by molar-refractivity contribution is -0.140. The zero-order chi connectivity index (χ0) is 28.0. The fourth-order valence-corrected chi connectivity index (χ4v) is 7.06. The first-order valence-corrected chi connectivity index (χ1v) is 16.8. The molecule has 0 N–H and O–H groups in total. The normalized spacial score (nSPS) is 23.1. The molecule has 4 rings (SSSR count). The molecule has 1 aromatic carbocycles. The van der Waals surface area contributed by atoms with Crippen LogP contribution in [0, 0.1) is 23.7 Å². The van der Waals surface area contributed by atoms with E-state index in [1.807, 2.05) is 36.7 Å². The third-order valence-electron chi connectivity index (χ3n) is 9.73. The molecule has 0 unspecified atom stereocenters. The van der Waals surface area contributed by atoms with E-state index in [1.165, 1.54) is 108 Å². The summed E-state index contributed by atoms with van der Waals surface area (Å²) in [5.41, 5.74) is 2.16. The van der Waals surface area contributed by atoms with E-state index in [2.05, 4.69) is 23.8 Å². The summed E-state index contributed by atoms with van der Waals surface area (Å²) in [6.07, 6.45) is 28.3. The first kappa shape index (κ1) is 30.7. The van der Waals surface area contributed by atoms with Gasteiger partial charge >= 0.3 is 5.97 Å². The van der Waals surface area contributed by atoms with Crippen LogP contribution in [-0.4, -0.2) is 15.9 Å². The van der Waals surface area contributed by atoms with E-state index in [0.29, 0.717) is 5.75 Å². The van der Waals surface area contributed by atoms with Gasteiger partial charge in [-0.05, 0) is 98.9 Å². The molecule has 0 bridgehead atoms. The molecule has 2 saturated carbocycles. The highest BCUT2D eigenvalue weighted by Crippen LogP contribution is 2.42. The van der Waals surface area contributed by atoms with Gasteiger partial charge in [-0.15, -0.1) is 0 Å². The SMILES string of the molecule is CCCCCCCCCc1cnc(-c2ccc(OC(=O)C3CCC(C4CCC(CCCC)CC4)CC3)cc2)nc1. The van der Waals surface area contributed by atoms with Gasteiger partial charge in [0.15, 0.2) is 5.82 Å². The Labute approximate surface area is 244 Å². The van der Waals surface area contributed by atoms with Crippen LogP contribution in [0.4, 0.5) is 0 Å². The van der Waals surface area contributed by atoms with E-state index < -0.39 is 0 Å². The molecule has 2 fully saturated rings. The van der Waals surface area contributed by atoms with Crippen molar-refractivity contribution in [2.75, 3.05) is 0 Å². The summed E-state index contributed by atoms with van der Waals surface area (Å²) in [4.78, 5) is 22.1. The van der Waals surface area contributed by atoms with Gasteiger partial charge in [0.2, 0.25) is 0 Å². The molecule has 0 saturated heterocycles. The fraction of sp³-hybridized carbons (Fsp3) is 0.694. The van der Waals surface area contributed by atoms with Gasteiger partial charge < -0.3 is 4.74 Å². The molecule has 1 heterocycles. The molecular formula is C36H54N2O2. The quantitative estimate of drug-likeness (QED) is 0.127. The molecule has 2 aliphatic carbocycles. The van der Waals surface area contributed by atoms with Gasteiger partial charge in [0.05, 0.1) is 5.92 Å². The molecule has 0 aliphatic heterocycles. The average Bonchev–Trinajstić information content (AvgIpc) is 3.00. The van der Waals surface area contributed by atoms with Crippen molar-refractivity contribution in [3.63, 3.8) is 0 Å². The summed E-state index contributed by atoms with van der Waals surface area (Å²) in [6.45, 7) is 4.56. The van der Waals surface area contributed by atoms with Crippen molar-refractivity contribution in [2.45, 2.75) is 136 Å². The van der Waals surface area contributed by atoms with Gasteiger partial charge in [-0.25, -0.2) is 9.97 Å². The van der Waals surface area contributed by atoms with Crippen molar-refractivity contribution >= 4 is 5.97 Å². The van der Waals surface area contributed by atoms with Crippen molar-refractivity contribution < 1.29 is 9.53 Å². The monoisotopic (exact) mass is 546 g/mol. The van der Waals surface area contributed by atoms with Crippen LogP contribution in [0.5, 0.6) is 5.75 Å². The van der Waals surface area contributed by atoms with Crippen LogP contribution >= 0.6 is 0 Å². The number of benzene rings is 1. The first-order valence-electron chi connectivity index (χ1n) is 16.8. The Bertz CT molecular complexity index is 971. The van der Waals surface area contributed by atoms with Crippen LogP contribution in [0.1, 0.15) is 135 Å². The molecule has 4 heteroatoms. The fourth-order valence-electron chi connectivity index (χ4n) is 7.06. The van der Waals surface area contributed by atoms with Crippen molar-refractivity contribution in [1.29, 1.82) is 0 Å². The summed E-state index contributed by atoms with van der Waals surface area (Å²) in [7, 11) is 0. The Morgan fingerprint density at radius 3 is 1.93 bits per heavy atom. The topological polar surface area (TPSA) is 52.1 Å². The second-order valence-electron chi connectivity index (χ2n) is 12.8. The van der Waals surface area contributed by atoms with E-state index >= 15 is 0 Å². The van der Waals surface area contributed by atoms with Crippen LogP contribution in [0.25, 0.3) is 11.4 Å². The van der Waals surface area contributed by atoms with Gasteiger partial charge in [-0.2, -0.15) is 0 Å². The summed E-state index contributed by atoms with van der Waals surface area (Å²) >= 11 is 0. The summed E-state index contributed by atoms with van der Waals surface area (Å²) in [5, 5.41) is 0. The average molecular weight is 547 g/mol. The largest absolute Gasteiger partial charge is 0.426 e. The summed E-state index contributed by atoms with van der Waals surface area (Å²) in [5.74, 6) is 4.01. The van der Waals surface area contributed by atoms with Crippen LogP contribution < -0.4 is 4.74 Å². The molecule has 0 spiro atoms. The highest BCUT2D eigenvalue weighted by molar-refractivity contribution is 5.75. The van der Waals surface area contributed by atoms with E-state index in [1.54, 1.807) is 0 Å². The van der Waals surface area contributed by atoms with Gasteiger partial charge in [-0.1, -0.05) is 84.5 Å². The molecule has 0 atom stereocenters. The van der Waals surface area contributed by atoms with Gasteiger partial charge in [0.25, 0.3) is 0 Å². The molecule has 1 aromatic heterocycles. The Kier molecular flexibility index (Phi) is 13.0. The molecular weight excluding hydrogens is 492 g/mol. The third kappa shape index (κ3) is 9.70. The number of carbonyl (C=O) groups is 1. The minimum atomic E-state index is -0.0551. The number of nitrogens with zero attached hydrogens (tertiary/aromatic N) is 2. The zero-order valence-electron chi connectivity index (χ0n) is 25.4. The smallest absolute Gasteiger partial charge is 0.314 e. The van der Waals surface area contributed by atoms with Crippen molar-refractivity contribution in [3.8, 4) is 17.1 Å². The van der Waals surface area contributed by atoms with Gasteiger partial charge in [-0.3, -0.25) is 4.79 Å². The summed E-state index contributed by atoms with van der Waals surface area (Å²) in [6, 6.07) is 7.68. The predicted octanol–water partition coefficient (Wildman–Crippen LogP) is 10.1. The Morgan fingerprint density at radius 2 is 1.30 bits per heavy atom. The second kappa shape index (κ2) is 16.9. The van der Waals surface area contributed by atoms with E-state index in [-0.39, 0.29) is 11.9 Å². The highest BCUT2D eigenvalue weighted by Gasteiger charge is 2.33. The van der Waals surface area contributed by atoms with Crippen molar-refractivity contribution in [2.24, 2.45) is 23.7 Å². The first-order chi connectivity index (χ1) is 19.7. The van der Waals surface area contributed by atoms with Gasteiger partial charge in [0, 0.05) is 18.0 Å². The molecule has 220 valence electrons. The number of hydrogen-bond donors (Lipinski definition) is 0. The Morgan fingerprint density at radius 1 is 0.725 bits per heavy atom. The lowest BCUT2D eigenvalue weighted by Gasteiger charge is -2.37. The van der Waals surface area contributed by atoms with E-state index in [0.717, 1.165) is 48.4 Å². The van der Waals surface area contributed by atoms with E-state index in [9.17, 15) is 4.79 Å². The molecule has 2 aromatic rings. The Balaban J connectivity index is 1.15. The lowest BCUT2D eigenvalue weighted by Crippen LogP contribution is -2.30. The molecule has 40 heavy (non-hydrogen) atoms. The number of ether oxygens (including phenoxy) is 1. The van der Waals surface area contributed by atoms with Crippen LogP contribution in [-0.2, 0) is 11.2 Å². The second-order valence-corrected chi connectivity index (χ2v) is 12.8. The number of hydrogen-bond acceptors (Lipinski definition) is 4. The minimum absolute atomic E-state index is 0.0454. The van der Waals surface area contributed by atoms with Crippen molar-refractivity contribution in [1.82, 2.24) is 9.97 Å². The van der Waals surface area contributed by atoms with Crippen LogP contribution in [0.2, 0.25) is 0 Å². The molecule has 0 amide bonds. The third-order valence-corrected chi connectivity index (χ3v) is 9.73. The number of esters is 1. The van der Waals surface area contributed by atoms with E-state index in [4.69, 9.17) is 4.74 Å². The molecule has 4 nitrogen and oxygen atoms in total. The van der Waals surface area contributed by atoms with Crippen LogP contribution in [0.15, 0.2) is 36.7 Å². The van der Waals surface area contributed by atoms with Crippen molar-refractivity contribution in [3.05, 3.63) is 42.2 Å². The number of carbonyl (C=O) groups excluding carboxylic acids is 1. The lowest BCUT2D eigenvalue weighted by atomic mass is 9.68. The Hall–Kier alpha value is -2.23. The maximum atomic E-state index is 12.9. The highest BCUT2D eigenvalue weighted by atomic mass is 16.5.